The number of ether oxygens (including phenoxy) is 1. The van der Waals surface area contributed by atoms with E-state index in [9.17, 15) is 0 Å². The van der Waals surface area contributed by atoms with Crippen LogP contribution in [0.2, 0.25) is 0 Å². The van der Waals surface area contributed by atoms with Gasteiger partial charge in [0.2, 0.25) is 0 Å². The van der Waals surface area contributed by atoms with Gasteiger partial charge in [-0.1, -0.05) is 21.1 Å². The molecule has 98 valence electrons. The minimum absolute atomic E-state index is 0.788. The van der Waals surface area contributed by atoms with Crippen LogP contribution in [0.1, 0.15) is 12.5 Å². The second kappa shape index (κ2) is 6.38. The Kier molecular flexibility index (Phi) is 4.58. The zero-order valence-electron chi connectivity index (χ0n) is 10.8. The molecule has 4 heteroatoms. The molecule has 0 radical (unpaired) electrons. The highest BCUT2D eigenvalue weighted by molar-refractivity contribution is 9.10. The molecule has 3 nitrogen and oxygen atoms in total. The average Bonchev–Trinajstić information content (AvgIpc) is 2.42. The van der Waals surface area contributed by atoms with Crippen molar-refractivity contribution in [3.8, 4) is 11.5 Å². The fourth-order valence-corrected chi connectivity index (χ4v) is 1.86. The molecule has 0 heterocycles. The van der Waals surface area contributed by atoms with Gasteiger partial charge in [0.05, 0.1) is 5.71 Å². The van der Waals surface area contributed by atoms with E-state index in [1.54, 1.807) is 0 Å². The van der Waals surface area contributed by atoms with Gasteiger partial charge in [-0.05, 0) is 61.0 Å². The Morgan fingerprint density at radius 3 is 2.00 bits per heavy atom. The molecule has 0 N–H and O–H groups in total. The second-order valence-electron chi connectivity index (χ2n) is 3.94. The van der Waals surface area contributed by atoms with Crippen LogP contribution in [-0.2, 0) is 4.84 Å². The Balaban J connectivity index is 2.10. The van der Waals surface area contributed by atoms with Crippen molar-refractivity contribution < 1.29 is 9.57 Å². The SMILES string of the molecule is CO/N=C(\C)c1ccc(Oc2ccc(Br)cc2)cc1. The average molecular weight is 320 g/mol. The Labute approximate surface area is 121 Å². The zero-order chi connectivity index (χ0) is 13.7. The highest BCUT2D eigenvalue weighted by atomic mass is 79.9. The van der Waals surface area contributed by atoms with E-state index < -0.39 is 0 Å². The number of oxime groups is 1. The van der Waals surface area contributed by atoms with Crippen molar-refractivity contribution in [2.45, 2.75) is 6.92 Å². The van der Waals surface area contributed by atoms with Gasteiger partial charge in [-0.15, -0.1) is 0 Å². The molecule has 0 amide bonds. The van der Waals surface area contributed by atoms with Crippen LogP contribution in [-0.4, -0.2) is 12.8 Å². The van der Waals surface area contributed by atoms with E-state index in [0.717, 1.165) is 27.2 Å². The van der Waals surface area contributed by atoms with Gasteiger partial charge in [0.25, 0.3) is 0 Å². The maximum absolute atomic E-state index is 5.74. The minimum Gasteiger partial charge on any atom is -0.457 e. The third-order valence-corrected chi connectivity index (χ3v) is 3.08. The second-order valence-corrected chi connectivity index (χ2v) is 4.86. The molecular weight excluding hydrogens is 306 g/mol. The van der Waals surface area contributed by atoms with E-state index in [0.29, 0.717) is 0 Å². The van der Waals surface area contributed by atoms with E-state index in [2.05, 4.69) is 21.1 Å². The van der Waals surface area contributed by atoms with E-state index in [1.165, 1.54) is 7.11 Å². The molecule has 0 fully saturated rings. The van der Waals surface area contributed by atoms with Gasteiger partial charge in [0.15, 0.2) is 0 Å². The summed E-state index contributed by atoms with van der Waals surface area (Å²) >= 11 is 3.39. The lowest BCUT2D eigenvalue weighted by Gasteiger charge is -2.06. The molecular formula is C15H14BrNO2. The lowest BCUT2D eigenvalue weighted by atomic mass is 10.1. The van der Waals surface area contributed by atoms with Crippen molar-refractivity contribution in [2.75, 3.05) is 7.11 Å². The Morgan fingerprint density at radius 1 is 0.947 bits per heavy atom. The van der Waals surface area contributed by atoms with E-state index in [1.807, 2.05) is 55.5 Å². The summed E-state index contributed by atoms with van der Waals surface area (Å²) in [6.45, 7) is 1.90. The fraction of sp³-hybridized carbons (Fsp3) is 0.133. The van der Waals surface area contributed by atoms with Gasteiger partial charge in [0, 0.05) is 4.47 Å². The molecule has 0 atom stereocenters. The van der Waals surface area contributed by atoms with Crippen LogP contribution in [0.3, 0.4) is 0 Å². The highest BCUT2D eigenvalue weighted by Gasteiger charge is 2.00. The summed E-state index contributed by atoms with van der Waals surface area (Å²) in [6.07, 6.45) is 0. The van der Waals surface area contributed by atoms with Gasteiger partial charge >= 0.3 is 0 Å². The summed E-state index contributed by atoms with van der Waals surface area (Å²) in [5.74, 6) is 1.59. The van der Waals surface area contributed by atoms with Crippen molar-refractivity contribution >= 4 is 21.6 Å². The maximum Gasteiger partial charge on any atom is 0.127 e. The van der Waals surface area contributed by atoms with Crippen LogP contribution in [0.4, 0.5) is 0 Å². The molecule has 0 aromatic heterocycles. The third kappa shape index (κ3) is 3.83. The van der Waals surface area contributed by atoms with Crippen molar-refractivity contribution in [3.05, 3.63) is 58.6 Å². The molecule has 0 saturated heterocycles. The number of benzene rings is 2. The molecule has 2 aromatic rings. The zero-order valence-corrected chi connectivity index (χ0v) is 12.3. The normalized spacial score (nSPS) is 11.2. The predicted molar refractivity (Wildman–Crippen MR) is 79.9 cm³/mol. The molecule has 0 saturated carbocycles. The maximum atomic E-state index is 5.74. The summed E-state index contributed by atoms with van der Waals surface area (Å²) in [5.41, 5.74) is 1.84. The monoisotopic (exact) mass is 319 g/mol. The summed E-state index contributed by atoms with van der Waals surface area (Å²) in [4.78, 5) is 4.75. The van der Waals surface area contributed by atoms with Gasteiger partial charge < -0.3 is 9.57 Å². The summed E-state index contributed by atoms with van der Waals surface area (Å²) in [7, 11) is 1.54. The molecule has 0 aliphatic rings. The van der Waals surface area contributed by atoms with E-state index >= 15 is 0 Å². The van der Waals surface area contributed by atoms with E-state index in [4.69, 9.17) is 9.57 Å². The third-order valence-electron chi connectivity index (χ3n) is 2.55. The first kappa shape index (κ1) is 13.6. The van der Waals surface area contributed by atoms with Crippen LogP contribution >= 0.6 is 15.9 Å². The summed E-state index contributed by atoms with van der Waals surface area (Å²) < 4.78 is 6.77. The largest absolute Gasteiger partial charge is 0.457 e. The summed E-state index contributed by atoms with van der Waals surface area (Å²) in [5, 5.41) is 3.89. The fourth-order valence-electron chi connectivity index (χ4n) is 1.59. The molecule has 2 rings (SSSR count). The van der Waals surface area contributed by atoms with Crippen molar-refractivity contribution in [2.24, 2.45) is 5.16 Å². The number of hydrogen-bond donors (Lipinski definition) is 0. The number of hydrogen-bond acceptors (Lipinski definition) is 3. The summed E-state index contributed by atoms with van der Waals surface area (Å²) in [6, 6.07) is 15.4. The molecule has 0 aliphatic heterocycles. The topological polar surface area (TPSA) is 30.8 Å². The van der Waals surface area contributed by atoms with Gasteiger partial charge in [-0.3, -0.25) is 0 Å². The first-order valence-electron chi connectivity index (χ1n) is 5.80. The minimum atomic E-state index is 0.788. The Bertz CT molecular complexity index is 562. The number of nitrogens with zero attached hydrogens (tertiary/aromatic N) is 1. The first-order valence-corrected chi connectivity index (χ1v) is 6.60. The predicted octanol–water partition coefficient (Wildman–Crippen LogP) is 4.61. The standard InChI is InChI=1S/C15H14BrNO2/c1-11(17-18-2)12-3-7-14(8-4-12)19-15-9-5-13(16)6-10-15/h3-10H,1-2H3/b17-11+. The lowest BCUT2D eigenvalue weighted by Crippen LogP contribution is -1.95. The molecule has 0 spiro atoms. The highest BCUT2D eigenvalue weighted by Crippen LogP contribution is 2.23. The quantitative estimate of drug-likeness (QED) is 0.608. The smallest absolute Gasteiger partial charge is 0.127 e. The Hall–Kier alpha value is -1.81. The molecule has 0 unspecified atom stereocenters. The molecule has 2 aromatic carbocycles. The number of rotatable bonds is 4. The molecule has 0 bridgehead atoms. The van der Waals surface area contributed by atoms with Crippen molar-refractivity contribution in [1.29, 1.82) is 0 Å². The van der Waals surface area contributed by atoms with Gasteiger partial charge in [-0.25, -0.2) is 0 Å². The van der Waals surface area contributed by atoms with Gasteiger partial charge in [0.1, 0.15) is 18.6 Å². The van der Waals surface area contributed by atoms with Crippen LogP contribution in [0, 0.1) is 0 Å². The van der Waals surface area contributed by atoms with Crippen LogP contribution in [0.25, 0.3) is 0 Å². The van der Waals surface area contributed by atoms with Gasteiger partial charge in [-0.2, -0.15) is 0 Å². The Morgan fingerprint density at radius 2 is 1.47 bits per heavy atom. The van der Waals surface area contributed by atoms with Crippen molar-refractivity contribution in [1.82, 2.24) is 0 Å². The van der Waals surface area contributed by atoms with E-state index in [-0.39, 0.29) is 0 Å². The first-order chi connectivity index (χ1) is 9.19. The molecule has 19 heavy (non-hydrogen) atoms. The van der Waals surface area contributed by atoms with Crippen molar-refractivity contribution in [3.63, 3.8) is 0 Å². The molecule has 0 aliphatic carbocycles. The van der Waals surface area contributed by atoms with Crippen LogP contribution < -0.4 is 4.74 Å². The lowest BCUT2D eigenvalue weighted by molar-refractivity contribution is 0.213. The number of halogens is 1. The van der Waals surface area contributed by atoms with Crippen LogP contribution in [0.15, 0.2) is 58.2 Å². The van der Waals surface area contributed by atoms with Crippen LogP contribution in [0.5, 0.6) is 11.5 Å².